The second-order valence-corrected chi connectivity index (χ2v) is 3.36. The number of nitrogens with one attached hydrogen (secondary N) is 1. The highest BCUT2D eigenvalue weighted by atomic mass is 16.6. The summed E-state index contributed by atoms with van der Waals surface area (Å²) in [5.41, 5.74) is 0.920. The van der Waals surface area contributed by atoms with Crippen LogP contribution >= 0.6 is 0 Å². The molecule has 2 N–H and O–H groups in total. The van der Waals surface area contributed by atoms with Crippen LogP contribution in [-0.4, -0.2) is 37.1 Å². The molecular weight excluding hydrogens is 168 g/mol. The van der Waals surface area contributed by atoms with Gasteiger partial charge < -0.3 is 15.3 Å². The zero-order valence-electron chi connectivity index (χ0n) is 8.71. The maximum Gasteiger partial charge on any atom is 0.129 e. The third kappa shape index (κ3) is 9.30. The van der Waals surface area contributed by atoms with E-state index >= 15 is 0 Å². The average molecular weight is 188 g/mol. The highest BCUT2D eigenvalue weighted by Crippen LogP contribution is 1.87. The van der Waals surface area contributed by atoms with Crippen molar-refractivity contribution in [2.24, 2.45) is 11.1 Å². The molecule has 0 amide bonds. The van der Waals surface area contributed by atoms with E-state index in [1.165, 1.54) is 0 Å². The van der Waals surface area contributed by atoms with Crippen LogP contribution in [0.15, 0.2) is 5.16 Å². The lowest BCUT2D eigenvalue weighted by Crippen LogP contribution is -2.26. The standard InChI is InChI=1S/C9H20N2O2/c1-8(2)11-13-5-4-10-6-9(3)7-12/h9-10,12H,4-7H2,1-3H3/t9-/m0/s1. The Morgan fingerprint density at radius 3 is 2.77 bits per heavy atom. The summed E-state index contributed by atoms with van der Waals surface area (Å²) in [6, 6.07) is 0. The van der Waals surface area contributed by atoms with Gasteiger partial charge in [-0.15, -0.1) is 0 Å². The molecular formula is C9H20N2O2. The number of hydrogen-bond donors (Lipinski definition) is 2. The largest absolute Gasteiger partial charge is 0.396 e. The second-order valence-electron chi connectivity index (χ2n) is 3.36. The first-order valence-corrected chi connectivity index (χ1v) is 4.61. The van der Waals surface area contributed by atoms with Crippen LogP contribution in [0.3, 0.4) is 0 Å². The molecule has 0 aromatic carbocycles. The van der Waals surface area contributed by atoms with Crippen molar-refractivity contribution in [3.63, 3.8) is 0 Å². The highest BCUT2D eigenvalue weighted by Gasteiger charge is 1.97. The van der Waals surface area contributed by atoms with Gasteiger partial charge in [-0.25, -0.2) is 0 Å². The van der Waals surface area contributed by atoms with Crippen molar-refractivity contribution in [2.75, 3.05) is 26.3 Å². The lowest BCUT2D eigenvalue weighted by atomic mass is 10.2. The Bertz CT molecular complexity index is 145. The van der Waals surface area contributed by atoms with Gasteiger partial charge in [-0.3, -0.25) is 0 Å². The van der Waals surface area contributed by atoms with E-state index < -0.39 is 0 Å². The summed E-state index contributed by atoms with van der Waals surface area (Å²) in [6.07, 6.45) is 0. The fraction of sp³-hybridized carbons (Fsp3) is 0.889. The molecule has 4 heteroatoms. The Balaban J connectivity index is 3.13. The van der Waals surface area contributed by atoms with Crippen LogP contribution in [0.4, 0.5) is 0 Å². The number of aliphatic hydroxyl groups excluding tert-OH is 1. The lowest BCUT2D eigenvalue weighted by molar-refractivity contribution is 0.143. The van der Waals surface area contributed by atoms with Gasteiger partial charge in [-0.05, 0) is 19.8 Å². The Hall–Kier alpha value is -0.610. The van der Waals surface area contributed by atoms with E-state index in [9.17, 15) is 0 Å². The summed E-state index contributed by atoms with van der Waals surface area (Å²) >= 11 is 0. The third-order valence-electron chi connectivity index (χ3n) is 1.42. The van der Waals surface area contributed by atoms with E-state index in [0.29, 0.717) is 12.5 Å². The molecule has 0 rings (SSSR count). The van der Waals surface area contributed by atoms with E-state index in [-0.39, 0.29) is 6.61 Å². The van der Waals surface area contributed by atoms with Crippen molar-refractivity contribution in [1.82, 2.24) is 5.32 Å². The Kier molecular flexibility index (Phi) is 7.63. The molecule has 0 bridgehead atoms. The molecule has 0 spiro atoms. The van der Waals surface area contributed by atoms with Crippen molar-refractivity contribution in [3.05, 3.63) is 0 Å². The molecule has 0 aliphatic carbocycles. The zero-order chi connectivity index (χ0) is 10.1. The first-order chi connectivity index (χ1) is 6.16. The second kappa shape index (κ2) is 8.01. The molecule has 0 fully saturated rings. The highest BCUT2D eigenvalue weighted by molar-refractivity contribution is 5.78. The van der Waals surface area contributed by atoms with Gasteiger partial charge in [0.15, 0.2) is 0 Å². The predicted molar refractivity (Wildman–Crippen MR) is 53.9 cm³/mol. The minimum absolute atomic E-state index is 0.222. The van der Waals surface area contributed by atoms with E-state index in [0.717, 1.165) is 18.8 Å². The van der Waals surface area contributed by atoms with Crippen LogP contribution in [0.2, 0.25) is 0 Å². The third-order valence-corrected chi connectivity index (χ3v) is 1.42. The van der Waals surface area contributed by atoms with Crippen LogP contribution in [-0.2, 0) is 4.84 Å². The monoisotopic (exact) mass is 188 g/mol. The molecule has 0 aromatic rings. The fourth-order valence-electron chi connectivity index (χ4n) is 0.706. The summed E-state index contributed by atoms with van der Waals surface area (Å²) in [4.78, 5) is 4.97. The van der Waals surface area contributed by atoms with Crippen LogP contribution < -0.4 is 5.32 Å². The molecule has 4 nitrogen and oxygen atoms in total. The minimum Gasteiger partial charge on any atom is -0.396 e. The molecule has 0 aromatic heterocycles. The SMILES string of the molecule is CC(C)=NOCCNC[C@H](C)CO. The number of rotatable bonds is 7. The molecule has 0 saturated heterocycles. The van der Waals surface area contributed by atoms with Crippen molar-refractivity contribution < 1.29 is 9.94 Å². The first-order valence-electron chi connectivity index (χ1n) is 4.61. The molecule has 0 unspecified atom stereocenters. The fourth-order valence-corrected chi connectivity index (χ4v) is 0.706. The minimum atomic E-state index is 0.222. The van der Waals surface area contributed by atoms with E-state index in [1.807, 2.05) is 20.8 Å². The van der Waals surface area contributed by atoms with Crippen molar-refractivity contribution >= 4 is 5.71 Å². The molecule has 0 radical (unpaired) electrons. The van der Waals surface area contributed by atoms with E-state index in [2.05, 4.69) is 10.5 Å². The smallest absolute Gasteiger partial charge is 0.129 e. The quantitative estimate of drug-likeness (QED) is 0.350. The Labute approximate surface area is 80.0 Å². The van der Waals surface area contributed by atoms with Crippen LogP contribution in [0.5, 0.6) is 0 Å². The molecule has 0 aliphatic heterocycles. The van der Waals surface area contributed by atoms with Gasteiger partial charge in [0.25, 0.3) is 0 Å². The van der Waals surface area contributed by atoms with Gasteiger partial charge in [0.1, 0.15) is 6.61 Å². The molecule has 0 heterocycles. The lowest BCUT2D eigenvalue weighted by Gasteiger charge is -2.08. The maximum atomic E-state index is 8.72. The van der Waals surface area contributed by atoms with Gasteiger partial charge in [0.2, 0.25) is 0 Å². The summed E-state index contributed by atoms with van der Waals surface area (Å²) in [5.74, 6) is 0.302. The van der Waals surface area contributed by atoms with Gasteiger partial charge in [-0.2, -0.15) is 0 Å². The predicted octanol–water partition coefficient (Wildman–Crippen LogP) is 0.617. The average Bonchev–Trinajstić information content (AvgIpc) is 2.10. The van der Waals surface area contributed by atoms with Crippen LogP contribution in [0.25, 0.3) is 0 Å². The molecule has 1 atom stereocenters. The van der Waals surface area contributed by atoms with E-state index in [1.54, 1.807) is 0 Å². The van der Waals surface area contributed by atoms with Gasteiger partial charge in [0.05, 0.1) is 5.71 Å². The van der Waals surface area contributed by atoms with Crippen molar-refractivity contribution in [3.8, 4) is 0 Å². The Morgan fingerprint density at radius 2 is 2.23 bits per heavy atom. The van der Waals surface area contributed by atoms with Gasteiger partial charge >= 0.3 is 0 Å². The summed E-state index contributed by atoms with van der Waals surface area (Å²) in [6.45, 7) is 8.14. The summed E-state index contributed by atoms with van der Waals surface area (Å²) in [7, 11) is 0. The van der Waals surface area contributed by atoms with Crippen molar-refractivity contribution in [1.29, 1.82) is 0 Å². The topological polar surface area (TPSA) is 53.8 Å². The molecule has 78 valence electrons. The summed E-state index contributed by atoms with van der Waals surface area (Å²) in [5, 5.41) is 15.7. The number of aliphatic hydroxyl groups is 1. The first kappa shape index (κ1) is 12.4. The van der Waals surface area contributed by atoms with Crippen molar-refractivity contribution in [2.45, 2.75) is 20.8 Å². The normalized spacial score (nSPS) is 12.3. The maximum absolute atomic E-state index is 8.72. The summed E-state index contributed by atoms with van der Waals surface area (Å²) < 4.78 is 0. The van der Waals surface area contributed by atoms with Gasteiger partial charge in [0, 0.05) is 19.7 Å². The molecule has 13 heavy (non-hydrogen) atoms. The number of nitrogens with zero attached hydrogens (tertiary/aromatic N) is 1. The molecule has 0 saturated carbocycles. The van der Waals surface area contributed by atoms with Crippen LogP contribution in [0, 0.1) is 5.92 Å². The van der Waals surface area contributed by atoms with Crippen LogP contribution in [0.1, 0.15) is 20.8 Å². The number of hydrogen-bond acceptors (Lipinski definition) is 4. The Morgan fingerprint density at radius 1 is 1.54 bits per heavy atom. The van der Waals surface area contributed by atoms with E-state index in [4.69, 9.17) is 9.94 Å². The number of oxime groups is 1. The molecule has 0 aliphatic rings. The zero-order valence-corrected chi connectivity index (χ0v) is 8.71. The van der Waals surface area contributed by atoms with Gasteiger partial charge in [-0.1, -0.05) is 12.1 Å².